The van der Waals surface area contributed by atoms with E-state index in [-0.39, 0.29) is 28.9 Å². The molecule has 1 rings (SSSR count). The van der Waals surface area contributed by atoms with Crippen LogP contribution in [0.3, 0.4) is 0 Å². The van der Waals surface area contributed by atoms with Crippen molar-refractivity contribution in [3.05, 3.63) is 36.9 Å². The Morgan fingerprint density at radius 2 is 2.05 bits per heavy atom. The largest absolute Gasteiger partial charge is 0.446 e. The number of halogens is 3. The Bertz CT molecular complexity index is 449. The molecule has 0 saturated carbocycles. The predicted molar refractivity (Wildman–Crippen MR) is 70.1 cm³/mol. The van der Waals surface area contributed by atoms with Gasteiger partial charge in [0.1, 0.15) is 0 Å². The summed E-state index contributed by atoms with van der Waals surface area (Å²) in [6.07, 6.45) is 1.58. The van der Waals surface area contributed by atoms with E-state index in [0.717, 1.165) is 0 Å². The van der Waals surface area contributed by atoms with Crippen molar-refractivity contribution in [2.24, 2.45) is 0 Å². The molecule has 0 bridgehead atoms. The van der Waals surface area contributed by atoms with Crippen molar-refractivity contribution in [1.82, 2.24) is 5.32 Å². The molecule has 1 aromatic carbocycles. The zero-order chi connectivity index (χ0) is 14.3. The minimum atomic E-state index is -4.39. The minimum Gasteiger partial charge on any atom is -0.324 e. The number of anilines is 1. The van der Waals surface area contributed by atoms with E-state index in [9.17, 15) is 18.0 Å². The molecule has 1 aromatic rings. The monoisotopic (exact) mass is 290 g/mol. The van der Waals surface area contributed by atoms with E-state index < -0.39 is 11.4 Å². The standard InChI is InChI=1S/C12H13F3N2OS/c1-2-7-16-8-11(18)17-9-5-3-4-6-10(9)19-12(13,14)15/h2-6,16H,1,7-8H2,(H,17,18). The highest BCUT2D eigenvalue weighted by Gasteiger charge is 2.30. The molecule has 0 atom stereocenters. The number of hydrogen-bond acceptors (Lipinski definition) is 3. The number of nitrogens with one attached hydrogen (secondary N) is 2. The first-order chi connectivity index (χ1) is 8.92. The second-order valence-electron chi connectivity index (χ2n) is 3.51. The first-order valence-corrected chi connectivity index (χ1v) is 6.20. The summed E-state index contributed by atoms with van der Waals surface area (Å²) in [5.74, 6) is -0.405. The van der Waals surface area contributed by atoms with E-state index in [1.54, 1.807) is 12.1 Å². The van der Waals surface area contributed by atoms with E-state index in [2.05, 4.69) is 17.2 Å². The van der Waals surface area contributed by atoms with Crippen LogP contribution in [0.1, 0.15) is 0 Å². The maximum atomic E-state index is 12.3. The lowest BCUT2D eigenvalue weighted by Gasteiger charge is -2.12. The molecule has 0 aliphatic rings. The highest BCUT2D eigenvalue weighted by Crippen LogP contribution is 2.40. The molecule has 0 aliphatic carbocycles. The van der Waals surface area contributed by atoms with Crippen LogP contribution < -0.4 is 10.6 Å². The predicted octanol–water partition coefficient (Wildman–Crippen LogP) is 3.01. The van der Waals surface area contributed by atoms with Crippen LogP contribution in [0.2, 0.25) is 0 Å². The summed E-state index contributed by atoms with van der Waals surface area (Å²) < 4.78 is 37.0. The highest BCUT2D eigenvalue weighted by molar-refractivity contribution is 8.00. The number of benzene rings is 1. The van der Waals surface area contributed by atoms with Gasteiger partial charge in [0.05, 0.1) is 12.2 Å². The molecular weight excluding hydrogens is 277 g/mol. The number of para-hydroxylation sites is 1. The Balaban J connectivity index is 2.67. The first-order valence-electron chi connectivity index (χ1n) is 5.38. The molecule has 1 amide bonds. The van der Waals surface area contributed by atoms with Gasteiger partial charge in [0.15, 0.2) is 0 Å². The maximum Gasteiger partial charge on any atom is 0.446 e. The fraction of sp³-hybridized carbons (Fsp3) is 0.250. The van der Waals surface area contributed by atoms with Gasteiger partial charge in [0.2, 0.25) is 5.91 Å². The molecule has 0 radical (unpaired) electrons. The normalized spacial score (nSPS) is 11.1. The Morgan fingerprint density at radius 1 is 1.37 bits per heavy atom. The van der Waals surface area contributed by atoms with Crippen molar-refractivity contribution in [2.45, 2.75) is 10.4 Å². The third kappa shape index (κ3) is 6.30. The third-order valence-electron chi connectivity index (χ3n) is 1.96. The minimum absolute atomic E-state index is 0.0110. The number of carbonyl (C=O) groups excluding carboxylic acids is 1. The van der Waals surface area contributed by atoms with Gasteiger partial charge < -0.3 is 10.6 Å². The van der Waals surface area contributed by atoms with E-state index in [1.165, 1.54) is 18.2 Å². The average Bonchev–Trinajstić information content (AvgIpc) is 2.30. The fourth-order valence-corrected chi connectivity index (χ4v) is 1.89. The summed E-state index contributed by atoms with van der Waals surface area (Å²) in [6, 6.07) is 5.79. The van der Waals surface area contributed by atoms with E-state index in [4.69, 9.17) is 0 Å². The van der Waals surface area contributed by atoms with Crippen LogP contribution in [0.4, 0.5) is 18.9 Å². The van der Waals surface area contributed by atoms with Crippen molar-refractivity contribution in [2.75, 3.05) is 18.4 Å². The van der Waals surface area contributed by atoms with Crippen LogP contribution in [0, 0.1) is 0 Å². The van der Waals surface area contributed by atoms with Crippen molar-refractivity contribution in [1.29, 1.82) is 0 Å². The highest BCUT2D eigenvalue weighted by atomic mass is 32.2. The SMILES string of the molecule is C=CCNCC(=O)Nc1ccccc1SC(F)(F)F. The molecule has 0 unspecified atom stereocenters. The molecule has 0 spiro atoms. The Labute approximate surface area is 113 Å². The van der Waals surface area contributed by atoms with E-state index in [0.29, 0.717) is 6.54 Å². The molecule has 0 fully saturated rings. The van der Waals surface area contributed by atoms with Gasteiger partial charge in [-0.3, -0.25) is 4.79 Å². The molecule has 3 nitrogen and oxygen atoms in total. The van der Waals surface area contributed by atoms with Gasteiger partial charge in [-0.05, 0) is 23.9 Å². The third-order valence-corrected chi connectivity index (χ3v) is 2.77. The molecule has 2 N–H and O–H groups in total. The molecule has 104 valence electrons. The number of amides is 1. The molecule has 0 heterocycles. The molecule has 0 aliphatic heterocycles. The van der Waals surface area contributed by atoms with Crippen LogP contribution in [0.5, 0.6) is 0 Å². The van der Waals surface area contributed by atoms with E-state index >= 15 is 0 Å². The number of hydrogen-bond donors (Lipinski definition) is 2. The lowest BCUT2D eigenvalue weighted by atomic mass is 10.3. The van der Waals surface area contributed by atoms with Crippen molar-refractivity contribution >= 4 is 23.4 Å². The first kappa shape index (κ1) is 15.6. The summed E-state index contributed by atoms with van der Waals surface area (Å²) in [4.78, 5) is 11.5. The maximum absolute atomic E-state index is 12.3. The molecule has 0 aromatic heterocycles. The van der Waals surface area contributed by atoms with Gasteiger partial charge in [0, 0.05) is 11.4 Å². The van der Waals surface area contributed by atoms with Crippen LogP contribution in [0.25, 0.3) is 0 Å². The smallest absolute Gasteiger partial charge is 0.324 e. The van der Waals surface area contributed by atoms with E-state index in [1.807, 2.05) is 0 Å². The second-order valence-corrected chi connectivity index (χ2v) is 4.62. The van der Waals surface area contributed by atoms with Gasteiger partial charge in [0.25, 0.3) is 0 Å². The number of carbonyl (C=O) groups is 1. The van der Waals surface area contributed by atoms with Crippen LogP contribution >= 0.6 is 11.8 Å². The average molecular weight is 290 g/mol. The second kappa shape index (κ2) is 7.20. The Hall–Kier alpha value is -1.47. The van der Waals surface area contributed by atoms with Gasteiger partial charge in [-0.2, -0.15) is 13.2 Å². The summed E-state index contributed by atoms with van der Waals surface area (Å²) in [5.41, 5.74) is -4.24. The zero-order valence-electron chi connectivity index (χ0n) is 9.96. The summed E-state index contributed by atoms with van der Waals surface area (Å²) in [6.45, 7) is 3.94. The summed E-state index contributed by atoms with van der Waals surface area (Å²) in [5, 5.41) is 5.20. The summed E-state index contributed by atoms with van der Waals surface area (Å²) >= 11 is -0.254. The molecular formula is C12H13F3N2OS. The van der Waals surface area contributed by atoms with Crippen molar-refractivity contribution < 1.29 is 18.0 Å². The van der Waals surface area contributed by atoms with Gasteiger partial charge in [-0.1, -0.05) is 18.2 Å². The topological polar surface area (TPSA) is 41.1 Å². The number of rotatable bonds is 6. The Morgan fingerprint density at radius 3 is 2.68 bits per heavy atom. The van der Waals surface area contributed by atoms with Crippen LogP contribution in [0.15, 0.2) is 41.8 Å². The van der Waals surface area contributed by atoms with Crippen molar-refractivity contribution in [3.63, 3.8) is 0 Å². The van der Waals surface area contributed by atoms with Crippen molar-refractivity contribution in [3.8, 4) is 0 Å². The fourth-order valence-electron chi connectivity index (χ4n) is 1.27. The lowest BCUT2D eigenvalue weighted by Crippen LogP contribution is -2.28. The number of alkyl halides is 3. The summed E-state index contributed by atoms with van der Waals surface area (Å²) in [7, 11) is 0. The van der Waals surface area contributed by atoms with Gasteiger partial charge in [-0.15, -0.1) is 6.58 Å². The zero-order valence-corrected chi connectivity index (χ0v) is 10.8. The molecule has 7 heteroatoms. The van der Waals surface area contributed by atoms with Gasteiger partial charge >= 0.3 is 5.51 Å². The Kier molecular flexibility index (Phi) is 5.91. The quantitative estimate of drug-likeness (QED) is 0.481. The molecule has 19 heavy (non-hydrogen) atoms. The van der Waals surface area contributed by atoms with Crippen LogP contribution in [-0.4, -0.2) is 24.5 Å². The van der Waals surface area contributed by atoms with Crippen LogP contribution in [-0.2, 0) is 4.79 Å². The lowest BCUT2D eigenvalue weighted by molar-refractivity contribution is -0.115. The molecule has 0 saturated heterocycles. The van der Waals surface area contributed by atoms with Gasteiger partial charge in [-0.25, -0.2) is 0 Å². The number of thioether (sulfide) groups is 1.